The maximum atomic E-state index is 11.4. The molecule has 13 heavy (non-hydrogen) atoms. The van der Waals surface area contributed by atoms with E-state index in [4.69, 9.17) is 11.2 Å². The van der Waals surface area contributed by atoms with Crippen molar-refractivity contribution in [2.24, 2.45) is 0 Å². The number of terminal acetylenes is 1. The molecule has 2 saturated heterocycles. The van der Waals surface area contributed by atoms with Gasteiger partial charge in [-0.25, -0.2) is 0 Å². The zero-order valence-corrected chi connectivity index (χ0v) is 7.53. The van der Waals surface area contributed by atoms with Gasteiger partial charge in [0, 0.05) is 0 Å². The topological polar surface area (TPSA) is 29.5 Å². The molecule has 0 aliphatic carbocycles. The second-order valence-corrected chi connectivity index (χ2v) is 3.63. The number of piperidine rings is 1. The van der Waals surface area contributed by atoms with Gasteiger partial charge in [-0.3, -0.25) is 4.79 Å². The highest BCUT2D eigenvalue weighted by Crippen LogP contribution is 2.26. The Morgan fingerprint density at radius 1 is 1.38 bits per heavy atom. The second-order valence-electron chi connectivity index (χ2n) is 3.63. The molecule has 0 radical (unpaired) electrons. The van der Waals surface area contributed by atoms with Crippen molar-refractivity contribution in [2.45, 2.75) is 31.3 Å². The lowest BCUT2D eigenvalue weighted by Gasteiger charge is -2.44. The van der Waals surface area contributed by atoms with E-state index < -0.39 is 0 Å². The predicted octanol–water partition coefficient (Wildman–Crippen LogP) is 0.399. The van der Waals surface area contributed by atoms with Crippen LogP contribution in [0.1, 0.15) is 19.3 Å². The van der Waals surface area contributed by atoms with Crippen LogP contribution in [-0.2, 0) is 9.53 Å². The van der Waals surface area contributed by atoms with E-state index in [-0.39, 0.29) is 18.0 Å². The third-order valence-corrected chi connectivity index (χ3v) is 2.84. The molecule has 2 rings (SSSR count). The summed E-state index contributed by atoms with van der Waals surface area (Å²) in [5.41, 5.74) is 0. The number of hydrogen-bond acceptors (Lipinski definition) is 2. The number of morpholine rings is 1. The summed E-state index contributed by atoms with van der Waals surface area (Å²) in [6.45, 7) is 1.31. The Hall–Kier alpha value is -1.01. The fourth-order valence-electron chi connectivity index (χ4n) is 2.24. The minimum atomic E-state index is -0.169. The Labute approximate surface area is 78.0 Å². The van der Waals surface area contributed by atoms with Gasteiger partial charge in [-0.15, -0.1) is 6.42 Å². The predicted molar refractivity (Wildman–Crippen MR) is 47.9 cm³/mol. The molecule has 0 N–H and O–H groups in total. The van der Waals surface area contributed by atoms with Crippen molar-refractivity contribution >= 4 is 5.91 Å². The molecule has 0 saturated carbocycles. The van der Waals surface area contributed by atoms with Crippen molar-refractivity contribution in [3.63, 3.8) is 0 Å². The zero-order valence-electron chi connectivity index (χ0n) is 7.53. The molecule has 2 unspecified atom stereocenters. The van der Waals surface area contributed by atoms with Crippen LogP contribution < -0.4 is 0 Å². The maximum absolute atomic E-state index is 11.4. The van der Waals surface area contributed by atoms with E-state index in [1.54, 1.807) is 0 Å². The second kappa shape index (κ2) is 3.39. The number of ether oxygens (including phenoxy) is 1. The van der Waals surface area contributed by atoms with Gasteiger partial charge < -0.3 is 9.64 Å². The van der Waals surface area contributed by atoms with Gasteiger partial charge in [0.25, 0.3) is 5.91 Å². The Balaban J connectivity index is 2.16. The Kier molecular flexibility index (Phi) is 2.24. The molecule has 2 bridgehead atoms. The summed E-state index contributed by atoms with van der Waals surface area (Å²) in [6.07, 6.45) is 8.37. The summed E-state index contributed by atoms with van der Waals surface area (Å²) in [7, 11) is 0. The lowest BCUT2D eigenvalue weighted by molar-refractivity contribution is -0.144. The lowest BCUT2D eigenvalue weighted by atomic mass is 9.94. The molecule has 0 spiro atoms. The highest BCUT2D eigenvalue weighted by Gasteiger charge is 2.36. The van der Waals surface area contributed by atoms with E-state index in [0.717, 1.165) is 12.8 Å². The Bertz CT molecular complexity index is 234. The minimum absolute atomic E-state index is 0.169. The molecular weight excluding hydrogens is 166 g/mol. The van der Waals surface area contributed by atoms with Crippen LogP contribution in [0.25, 0.3) is 0 Å². The van der Waals surface area contributed by atoms with E-state index in [1.807, 2.05) is 4.90 Å². The third kappa shape index (κ3) is 1.42. The summed E-state index contributed by atoms with van der Waals surface area (Å²) in [4.78, 5) is 13.3. The number of fused-ring (bicyclic) bond motifs is 2. The molecule has 2 atom stereocenters. The van der Waals surface area contributed by atoms with Crippen molar-refractivity contribution in [1.82, 2.24) is 4.90 Å². The van der Waals surface area contributed by atoms with Gasteiger partial charge in [-0.2, -0.15) is 0 Å². The first-order valence-corrected chi connectivity index (χ1v) is 4.69. The Morgan fingerprint density at radius 2 is 2.00 bits per heavy atom. The molecule has 2 fully saturated rings. The number of carbonyl (C=O) groups is 1. The number of carbonyl (C=O) groups excluding carboxylic acids is 1. The van der Waals surface area contributed by atoms with Crippen LogP contribution in [0.3, 0.4) is 0 Å². The van der Waals surface area contributed by atoms with Crippen molar-refractivity contribution < 1.29 is 9.53 Å². The highest BCUT2D eigenvalue weighted by molar-refractivity contribution is 5.93. The first-order valence-electron chi connectivity index (χ1n) is 4.69. The van der Waals surface area contributed by atoms with Crippen molar-refractivity contribution in [3.05, 3.63) is 0 Å². The van der Waals surface area contributed by atoms with Gasteiger partial charge in [0.2, 0.25) is 0 Å². The van der Waals surface area contributed by atoms with Crippen molar-refractivity contribution in [2.75, 3.05) is 13.2 Å². The molecule has 2 heterocycles. The van der Waals surface area contributed by atoms with Crippen LogP contribution in [-0.4, -0.2) is 36.1 Å². The quantitative estimate of drug-likeness (QED) is 0.504. The molecule has 0 aromatic rings. The Morgan fingerprint density at radius 3 is 2.54 bits per heavy atom. The fraction of sp³-hybridized carbons (Fsp3) is 0.700. The first kappa shape index (κ1) is 8.58. The minimum Gasteiger partial charge on any atom is -0.377 e. The molecular formula is C10H13NO2. The molecule has 0 aromatic carbocycles. The highest BCUT2D eigenvalue weighted by atomic mass is 16.5. The first-order chi connectivity index (χ1) is 6.33. The van der Waals surface area contributed by atoms with E-state index >= 15 is 0 Å². The van der Waals surface area contributed by atoms with Gasteiger partial charge in [0.15, 0.2) is 0 Å². The largest absolute Gasteiger partial charge is 0.377 e. The van der Waals surface area contributed by atoms with Crippen LogP contribution in [0.5, 0.6) is 0 Å². The molecule has 2 aliphatic rings. The lowest BCUT2D eigenvalue weighted by Crippen LogP contribution is -2.56. The third-order valence-electron chi connectivity index (χ3n) is 2.84. The number of nitrogens with zero attached hydrogens (tertiary/aromatic N) is 1. The van der Waals surface area contributed by atoms with Gasteiger partial charge in [-0.05, 0) is 25.2 Å². The van der Waals surface area contributed by atoms with Gasteiger partial charge >= 0.3 is 0 Å². The van der Waals surface area contributed by atoms with Gasteiger partial charge in [-0.1, -0.05) is 0 Å². The fourth-order valence-corrected chi connectivity index (χ4v) is 2.24. The SMILES string of the molecule is C#CC(=O)N1C2CCCC1COC2. The molecule has 0 aromatic heterocycles. The van der Waals surface area contributed by atoms with Crippen molar-refractivity contribution in [1.29, 1.82) is 0 Å². The number of rotatable bonds is 0. The summed E-state index contributed by atoms with van der Waals surface area (Å²) in [6, 6.07) is 0.465. The monoisotopic (exact) mass is 179 g/mol. The van der Waals surface area contributed by atoms with Crippen molar-refractivity contribution in [3.8, 4) is 12.3 Å². The molecule has 3 nitrogen and oxygen atoms in total. The summed E-state index contributed by atoms with van der Waals surface area (Å²) in [5, 5.41) is 0. The van der Waals surface area contributed by atoms with E-state index in [1.165, 1.54) is 6.42 Å². The maximum Gasteiger partial charge on any atom is 0.298 e. The number of hydrogen-bond donors (Lipinski definition) is 0. The van der Waals surface area contributed by atoms with Gasteiger partial charge in [0.05, 0.1) is 25.3 Å². The van der Waals surface area contributed by atoms with Crippen LogP contribution in [0.4, 0.5) is 0 Å². The standard InChI is InChI=1S/C10H13NO2/c1-2-10(12)11-8-4-3-5-9(11)7-13-6-8/h1,8-9H,3-7H2. The van der Waals surface area contributed by atoms with Crippen LogP contribution >= 0.6 is 0 Å². The summed E-state index contributed by atoms with van der Waals surface area (Å²) >= 11 is 0. The van der Waals surface area contributed by atoms with Crippen LogP contribution in [0.15, 0.2) is 0 Å². The zero-order chi connectivity index (χ0) is 9.26. The normalized spacial score (nSPS) is 32.4. The van der Waals surface area contributed by atoms with Gasteiger partial charge in [0.1, 0.15) is 0 Å². The molecule has 70 valence electrons. The molecule has 1 amide bonds. The average molecular weight is 179 g/mol. The molecule has 3 heteroatoms. The van der Waals surface area contributed by atoms with E-state index in [2.05, 4.69) is 5.92 Å². The molecule has 2 aliphatic heterocycles. The summed E-state index contributed by atoms with van der Waals surface area (Å²) < 4.78 is 5.40. The number of amides is 1. The van der Waals surface area contributed by atoms with Crippen LogP contribution in [0, 0.1) is 12.3 Å². The van der Waals surface area contributed by atoms with Crippen LogP contribution in [0.2, 0.25) is 0 Å². The average Bonchev–Trinajstić information content (AvgIpc) is 2.15. The smallest absolute Gasteiger partial charge is 0.298 e. The summed E-state index contributed by atoms with van der Waals surface area (Å²) in [5.74, 6) is 2.03. The van der Waals surface area contributed by atoms with E-state index in [9.17, 15) is 4.79 Å². The van der Waals surface area contributed by atoms with E-state index in [0.29, 0.717) is 13.2 Å².